The molecule has 1 aliphatic carbocycles. The lowest BCUT2D eigenvalue weighted by atomic mass is 9.82. The molecular formula is C29H27N3O2. The molecule has 5 heteroatoms. The summed E-state index contributed by atoms with van der Waals surface area (Å²) in [4.78, 5) is 21.3. The number of aromatic nitrogens is 2. The van der Waals surface area contributed by atoms with Gasteiger partial charge in [0.05, 0.1) is 17.4 Å². The average Bonchev–Trinajstić information content (AvgIpc) is 2.89. The predicted molar refractivity (Wildman–Crippen MR) is 136 cm³/mol. The smallest absolute Gasteiger partial charge is 0.227 e. The molecule has 0 bridgehead atoms. The zero-order chi connectivity index (χ0) is 23.3. The molecule has 4 aromatic rings. The number of amides is 1. The van der Waals surface area contributed by atoms with Gasteiger partial charge in [-0.05, 0) is 80.1 Å². The minimum absolute atomic E-state index is 0.0328. The van der Waals surface area contributed by atoms with E-state index in [1.807, 2.05) is 60.7 Å². The van der Waals surface area contributed by atoms with Crippen LogP contribution in [0.5, 0.6) is 11.6 Å². The minimum Gasteiger partial charge on any atom is -0.439 e. The van der Waals surface area contributed by atoms with Crippen molar-refractivity contribution < 1.29 is 9.53 Å². The van der Waals surface area contributed by atoms with Crippen molar-refractivity contribution in [2.45, 2.75) is 32.6 Å². The van der Waals surface area contributed by atoms with Gasteiger partial charge in [0.25, 0.3) is 0 Å². The van der Waals surface area contributed by atoms with Gasteiger partial charge in [-0.15, -0.1) is 0 Å². The number of hydrogen-bond donors (Lipinski definition) is 1. The van der Waals surface area contributed by atoms with Crippen LogP contribution >= 0.6 is 0 Å². The second-order valence-corrected chi connectivity index (χ2v) is 8.71. The van der Waals surface area contributed by atoms with Crippen molar-refractivity contribution in [2.24, 2.45) is 5.92 Å². The molecule has 0 atom stereocenters. The van der Waals surface area contributed by atoms with E-state index in [0.717, 1.165) is 53.6 Å². The van der Waals surface area contributed by atoms with Gasteiger partial charge in [-0.3, -0.25) is 9.78 Å². The Morgan fingerprint density at radius 1 is 0.971 bits per heavy atom. The predicted octanol–water partition coefficient (Wildman–Crippen LogP) is 7.02. The number of allylic oxidation sites excluding steroid dienone is 2. The van der Waals surface area contributed by atoms with Gasteiger partial charge >= 0.3 is 0 Å². The molecule has 1 aliphatic rings. The first-order valence-electron chi connectivity index (χ1n) is 11.7. The Bertz CT molecular complexity index is 1340. The Hall–Kier alpha value is -3.99. The van der Waals surface area contributed by atoms with Gasteiger partial charge in [-0.2, -0.15) is 0 Å². The molecule has 2 aromatic carbocycles. The van der Waals surface area contributed by atoms with Gasteiger partial charge in [0.15, 0.2) is 0 Å². The van der Waals surface area contributed by atoms with Crippen molar-refractivity contribution in [3.63, 3.8) is 0 Å². The van der Waals surface area contributed by atoms with E-state index in [1.54, 1.807) is 12.4 Å². The number of pyridine rings is 2. The van der Waals surface area contributed by atoms with Crippen LogP contribution in [0.2, 0.25) is 0 Å². The van der Waals surface area contributed by atoms with Crippen LogP contribution in [0.1, 0.15) is 38.2 Å². The van der Waals surface area contributed by atoms with E-state index in [9.17, 15) is 4.79 Å². The van der Waals surface area contributed by atoms with Gasteiger partial charge in [-0.25, -0.2) is 4.98 Å². The second-order valence-electron chi connectivity index (χ2n) is 8.71. The summed E-state index contributed by atoms with van der Waals surface area (Å²) in [7, 11) is 0. The quantitative estimate of drug-likeness (QED) is 0.355. The fourth-order valence-electron chi connectivity index (χ4n) is 4.51. The fraction of sp³-hybridized carbons (Fsp3) is 0.207. The SMILES string of the molecule is CC(=C1CCC(C(=O)Nc2cccnc2)CC1)c1cccc(Oc2ccc3ccccc3n2)c1. The van der Waals surface area contributed by atoms with Crippen molar-refractivity contribution in [1.82, 2.24) is 9.97 Å². The van der Waals surface area contributed by atoms with Crippen LogP contribution in [-0.4, -0.2) is 15.9 Å². The zero-order valence-corrected chi connectivity index (χ0v) is 19.2. The summed E-state index contributed by atoms with van der Waals surface area (Å²) in [6.45, 7) is 2.17. The molecule has 1 saturated carbocycles. The van der Waals surface area contributed by atoms with Crippen molar-refractivity contribution in [2.75, 3.05) is 5.32 Å². The number of nitrogens with zero attached hydrogens (tertiary/aromatic N) is 2. The third kappa shape index (κ3) is 4.99. The number of carbonyl (C=O) groups is 1. The molecular weight excluding hydrogens is 422 g/mol. The number of ether oxygens (including phenoxy) is 1. The molecule has 0 spiro atoms. The van der Waals surface area contributed by atoms with Crippen molar-refractivity contribution >= 4 is 28.1 Å². The molecule has 0 saturated heterocycles. The molecule has 0 unspecified atom stereocenters. The summed E-state index contributed by atoms with van der Waals surface area (Å²) in [5.41, 5.74) is 5.49. The molecule has 1 N–H and O–H groups in total. The van der Waals surface area contributed by atoms with Crippen LogP contribution in [0, 0.1) is 5.92 Å². The first-order chi connectivity index (χ1) is 16.7. The number of benzene rings is 2. The number of anilines is 1. The molecule has 1 fully saturated rings. The summed E-state index contributed by atoms with van der Waals surface area (Å²) >= 11 is 0. The summed E-state index contributed by atoms with van der Waals surface area (Å²) < 4.78 is 6.08. The highest BCUT2D eigenvalue weighted by Crippen LogP contribution is 2.35. The Morgan fingerprint density at radius 3 is 2.65 bits per heavy atom. The maximum Gasteiger partial charge on any atom is 0.227 e. The van der Waals surface area contributed by atoms with Crippen molar-refractivity contribution in [3.8, 4) is 11.6 Å². The van der Waals surface area contributed by atoms with Gasteiger partial charge < -0.3 is 10.1 Å². The number of nitrogens with one attached hydrogen (secondary N) is 1. The highest BCUT2D eigenvalue weighted by molar-refractivity contribution is 5.92. The molecule has 0 aliphatic heterocycles. The van der Waals surface area contributed by atoms with Crippen LogP contribution in [0.25, 0.3) is 16.5 Å². The van der Waals surface area contributed by atoms with Crippen LogP contribution in [0.3, 0.4) is 0 Å². The number of fused-ring (bicyclic) bond motifs is 1. The molecule has 0 radical (unpaired) electrons. The van der Waals surface area contributed by atoms with E-state index in [4.69, 9.17) is 4.74 Å². The van der Waals surface area contributed by atoms with E-state index in [-0.39, 0.29) is 11.8 Å². The van der Waals surface area contributed by atoms with Crippen LogP contribution in [0.4, 0.5) is 5.69 Å². The molecule has 2 heterocycles. The first-order valence-corrected chi connectivity index (χ1v) is 11.7. The summed E-state index contributed by atoms with van der Waals surface area (Å²) in [5.74, 6) is 1.47. The van der Waals surface area contributed by atoms with E-state index >= 15 is 0 Å². The lowest BCUT2D eigenvalue weighted by Crippen LogP contribution is -2.25. The highest BCUT2D eigenvalue weighted by atomic mass is 16.5. The second kappa shape index (κ2) is 9.87. The number of rotatable bonds is 5. The molecule has 2 aromatic heterocycles. The number of para-hydroxylation sites is 1. The number of hydrogen-bond acceptors (Lipinski definition) is 4. The normalized spacial score (nSPS) is 15.7. The average molecular weight is 450 g/mol. The lowest BCUT2D eigenvalue weighted by Gasteiger charge is -2.25. The third-order valence-electron chi connectivity index (χ3n) is 6.48. The summed E-state index contributed by atoms with van der Waals surface area (Å²) in [5, 5.41) is 4.08. The largest absolute Gasteiger partial charge is 0.439 e. The van der Waals surface area contributed by atoms with Gasteiger partial charge in [-0.1, -0.05) is 35.9 Å². The Balaban J connectivity index is 1.25. The van der Waals surface area contributed by atoms with Gasteiger partial charge in [0.1, 0.15) is 5.75 Å². The van der Waals surface area contributed by atoms with Gasteiger partial charge in [0, 0.05) is 23.6 Å². The maximum absolute atomic E-state index is 12.6. The standard InChI is InChI=1S/C29H27N3O2/c1-20(21-11-13-23(14-12-21)29(33)31-25-8-5-17-30-19-25)24-7-4-9-26(18-24)34-28-16-15-22-6-2-3-10-27(22)32-28/h2-10,15-19,23H,11-14H2,1H3,(H,31,33). The molecule has 5 rings (SSSR count). The van der Waals surface area contributed by atoms with Crippen LogP contribution < -0.4 is 10.1 Å². The Morgan fingerprint density at radius 2 is 1.82 bits per heavy atom. The summed E-state index contributed by atoms with van der Waals surface area (Å²) in [6, 6.07) is 23.8. The monoisotopic (exact) mass is 449 g/mol. The Kier molecular flexibility index (Phi) is 6.34. The van der Waals surface area contributed by atoms with E-state index < -0.39 is 0 Å². The zero-order valence-electron chi connectivity index (χ0n) is 19.2. The van der Waals surface area contributed by atoms with E-state index in [2.05, 4.69) is 34.3 Å². The summed E-state index contributed by atoms with van der Waals surface area (Å²) in [6.07, 6.45) is 6.95. The van der Waals surface area contributed by atoms with Crippen molar-refractivity contribution in [1.29, 1.82) is 0 Å². The van der Waals surface area contributed by atoms with Gasteiger partial charge in [0.2, 0.25) is 11.8 Å². The molecule has 34 heavy (non-hydrogen) atoms. The topological polar surface area (TPSA) is 64.1 Å². The fourth-order valence-corrected chi connectivity index (χ4v) is 4.51. The third-order valence-corrected chi connectivity index (χ3v) is 6.48. The van der Waals surface area contributed by atoms with Crippen LogP contribution in [-0.2, 0) is 4.79 Å². The highest BCUT2D eigenvalue weighted by Gasteiger charge is 2.24. The molecule has 170 valence electrons. The van der Waals surface area contributed by atoms with Crippen molar-refractivity contribution in [3.05, 3.63) is 96.3 Å². The first kappa shape index (κ1) is 21.8. The molecule has 1 amide bonds. The number of carbonyl (C=O) groups excluding carboxylic acids is 1. The molecule has 5 nitrogen and oxygen atoms in total. The maximum atomic E-state index is 12.6. The van der Waals surface area contributed by atoms with E-state index in [1.165, 1.54) is 11.1 Å². The Labute approximate surface area is 199 Å². The minimum atomic E-state index is 0.0328. The van der Waals surface area contributed by atoms with Crippen LogP contribution in [0.15, 0.2) is 90.8 Å². The lowest BCUT2D eigenvalue weighted by molar-refractivity contribution is -0.120. The van der Waals surface area contributed by atoms with E-state index in [0.29, 0.717) is 5.88 Å².